The van der Waals surface area contributed by atoms with Crippen LogP contribution < -0.4 is 0 Å². The molecule has 3 heterocycles. The lowest BCUT2D eigenvalue weighted by Crippen LogP contribution is -2.52. The number of benzene rings is 1. The average molecular weight is 367 g/mol. The van der Waals surface area contributed by atoms with Crippen molar-refractivity contribution in [1.82, 2.24) is 14.7 Å². The maximum Gasteiger partial charge on any atom is 0.113 e. The third-order valence-electron chi connectivity index (χ3n) is 5.80. The summed E-state index contributed by atoms with van der Waals surface area (Å²) in [6.07, 6.45) is 7.04. The third-order valence-corrected chi connectivity index (χ3v) is 5.80. The number of allylic oxidation sites excluding steroid dienone is 1. The van der Waals surface area contributed by atoms with Crippen molar-refractivity contribution in [3.8, 4) is 5.69 Å². The van der Waals surface area contributed by atoms with Crippen LogP contribution in [-0.2, 0) is 21.5 Å². The van der Waals surface area contributed by atoms with E-state index in [2.05, 4.69) is 53.8 Å². The first-order valence-corrected chi connectivity index (χ1v) is 9.80. The fourth-order valence-electron chi connectivity index (χ4n) is 4.31. The lowest BCUT2D eigenvalue weighted by atomic mass is 9.81. The minimum absolute atomic E-state index is 0.0559. The van der Waals surface area contributed by atoms with Gasteiger partial charge in [0.25, 0.3) is 0 Å². The summed E-state index contributed by atoms with van der Waals surface area (Å²) >= 11 is 0. The van der Waals surface area contributed by atoms with Gasteiger partial charge < -0.3 is 9.47 Å². The van der Waals surface area contributed by atoms with Crippen LogP contribution in [0.5, 0.6) is 0 Å². The van der Waals surface area contributed by atoms with E-state index in [1.54, 1.807) is 7.11 Å². The predicted molar refractivity (Wildman–Crippen MR) is 106 cm³/mol. The van der Waals surface area contributed by atoms with Gasteiger partial charge in [0.1, 0.15) is 11.8 Å². The molecule has 4 rings (SSSR count). The van der Waals surface area contributed by atoms with E-state index < -0.39 is 0 Å². The number of piperidine rings is 1. The molecule has 144 valence electrons. The number of para-hydroxylation sites is 1. The molecule has 5 nitrogen and oxygen atoms in total. The van der Waals surface area contributed by atoms with Gasteiger partial charge in [-0.3, -0.25) is 4.90 Å². The highest BCUT2D eigenvalue weighted by atomic mass is 16.5. The number of hydrogen-bond acceptors (Lipinski definition) is 4. The molecule has 0 radical (unpaired) electrons. The molecule has 1 aromatic carbocycles. The van der Waals surface area contributed by atoms with E-state index in [4.69, 9.17) is 14.6 Å². The summed E-state index contributed by atoms with van der Waals surface area (Å²) in [5, 5.41) is 4.72. The van der Waals surface area contributed by atoms with Crippen molar-refractivity contribution in [2.45, 2.75) is 44.9 Å². The molecule has 0 saturated carbocycles. The highest BCUT2D eigenvalue weighted by Gasteiger charge is 2.46. The van der Waals surface area contributed by atoms with Gasteiger partial charge in [-0.15, -0.1) is 0 Å². The summed E-state index contributed by atoms with van der Waals surface area (Å²) in [7, 11) is 1.80. The fraction of sp³-hybridized carbons (Fsp3) is 0.500. The van der Waals surface area contributed by atoms with Gasteiger partial charge in [0.15, 0.2) is 0 Å². The Kier molecular flexibility index (Phi) is 5.17. The normalized spacial score (nSPS) is 25.4. The van der Waals surface area contributed by atoms with Crippen molar-refractivity contribution in [1.29, 1.82) is 0 Å². The molecular weight excluding hydrogens is 338 g/mol. The molecule has 27 heavy (non-hydrogen) atoms. The van der Waals surface area contributed by atoms with Crippen LogP contribution >= 0.6 is 0 Å². The zero-order valence-corrected chi connectivity index (χ0v) is 16.5. The summed E-state index contributed by atoms with van der Waals surface area (Å²) < 4.78 is 14.4. The quantitative estimate of drug-likeness (QED) is 0.773. The van der Waals surface area contributed by atoms with Gasteiger partial charge in [-0.2, -0.15) is 5.10 Å². The molecule has 1 aromatic heterocycles. The first kappa shape index (κ1) is 18.4. The van der Waals surface area contributed by atoms with Crippen molar-refractivity contribution < 1.29 is 9.47 Å². The minimum Gasteiger partial charge on any atom is -0.370 e. The standard InChI is InChI=1S/C22H29N3O2/c1-17(2)9-12-24-13-11-22(15-21(24)26-3)19-16-23-25(20(19)10-14-27-22)18-7-5-4-6-8-18/h4-9,16,21H,10-15H2,1-3H3. The lowest BCUT2D eigenvalue weighted by Gasteiger charge is -2.47. The molecule has 1 fully saturated rings. The van der Waals surface area contributed by atoms with Crippen molar-refractivity contribution >= 4 is 0 Å². The van der Waals surface area contributed by atoms with Crippen LogP contribution in [0.2, 0.25) is 0 Å². The van der Waals surface area contributed by atoms with Gasteiger partial charge in [0, 0.05) is 38.6 Å². The maximum absolute atomic E-state index is 6.41. The summed E-state index contributed by atoms with van der Waals surface area (Å²) in [6, 6.07) is 10.4. The number of nitrogens with zero attached hydrogens (tertiary/aromatic N) is 3. The molecule has 2 aliphatic heterocycles. The first-order valence-electron chi connectivity index (χ1n) is 9.80. The summed E-state index contributed by atoms with van der Waals surface area (Å²) in [5.41, 5.74) is 4.68. The molecule has 0 aliphatic carbocycles. The van der Waals surface area contributed by atoms with Crippen LogP contribution in [0, 0.1) is 0 Å². The minimum atomic E-state index is -0.289. The summed E-state index contributed by atoms with van der Waals surface area (Å²) in [5.74, 6) is 0. The second-order valence-electron chi connectivity index (χ2n) is 7.77. The predicted octanol–water partition coefficient (Wildman–Crippen LogP) is 3.67. The van der Waals surface area contributed by atoms with E-state index in [1.165, 1.54) is 16.8 Å². The number of hydrogen-bond donors (Lipinski definition) is 0. The summed E-state index contributed by atoms with van der Waals surface area (Å²) in [6.45, 7) is 6.89. The van der Waals surface area contributed by atoms with Gasteiger partial charge in [-0.05, 0) is 32.4 Å². The van der Waals surface area contributed by atoms with E-state index in [0.29, 0.717) is 0 Å². The van der Waals surface area contributed by atoms with Crippen LogP contribution in [0.1, 0.15) is 37.9 Å². The number of ether oxygens (including phenoxy) is 2. The molecule has 0 amide bonds. The zero-order chi connectivity index (χ0) is 18.9. The number of aromatic nitrogens is 2. The molecule has 1 spiro atoms. The molecule has 5 heteroatoms. The van der Waals surface area contributed by atoms with E-state index in [0.717, 1.165) is 44.6 Å². The number of fused-ring (bicyclic) bond motifs is 2. The molecule has 2 atom stereocenters. The van der Waals surface area contributed by atoms with Crippen LogP contribution in [0.4, 0.5) is 0 Å². The Morgan fingerprint density at radius 2 is 2.15 bits per heavy atom. The maximum atomic E-state index is 6.41. The van der Waals surface area contributed by atoms with Crippen molar-refractivity contribution in [3.63, 3.8) is 0 Å². The van der Waals surface area contributed by atoms with Crippen LogP contribution in [-0.4, -0.2) is 47.7 Å². The highest BCUT2D eigenvalue weighted by molar-refractivity contribution is 5.38. The van der Waals surface area contributed by atoms with E-state index >= 15 is 0 Å². The van der Waals surface area contributed by atoms with Gasteiger partial charge in [0.2, 0.25) is 0 Å². The van der Waals surface area contributed by atoms with E-state index in [1.807, 2.05) is 12.3 Å². The Morgan fingerprint density at radius 3 is 2.89 bits per heavy atom. The van der Waals surface area contributed by atoms with Crippen molar-refractivity contribution in [3.05, 3.63) is 59.4 Å². The van der Waals surface area contributed by atoms with E-state index in [-0.39, 0.29) is 11.8 Å². The number of methoxy groups -OCH3 is 1. The van der Waals surface area contributed by atoms with Crippen LogP contribution in [0.25, 0.3) is 5.69 Å². The van der Waals surface area contributed by atoms with Gasteiger partial charge in [-0.25, -0.2) is 4.68 Å². The Balaban J connectivity index is 1.63. The Bertz CT molecular complexity index is 810. The molecule has 1 saturated heterocycles. The Hall–Kier alpha value is -1.95. The average Bonchev–Trinajstić information content (AvgIpc) is 3.13. The van der Waals surface area contributed by atoms with E-state index in [9.17, 15) is 0 Å². The second-order valence-corrected chi connectivity index (χ2v) is 7.77. The Morgan fingerprint density at radius 1 is 1.33 bits per heavy atom. The smallest absolute Gasteiger partial charge is 0.113 e. The first-order chi connectivity index (χ1) is 13.1. The van der Waals surface area contributed by atoms with Gasteiger partial charge >= 0.3 is 0 Å². The number of likely N-dealkylation sites (tertiary alicyclic amines) is 1. The second kappa shape index (κ2) is 7.58. The van der Waals surface area contributed by atoms with Crippen LogP contribution in [0.15, 0.2) is 48.2 Å². The van der Waals surface area contributed by atoms with Gasteiger partial charge in [-0.1, -0.05) is 29.8 Å². The highest BCUT2D eigenvalue weighted by Crippen LogP contribution is 2.44. The number of rotatable bonds is 4. The molecule has 0 N–H and O–H groups in total. The summed E-state index contributed by atoms with van der Waals surface area (Å²) in [4.78, 5) is 2.40. The van der Waals surface area contributed by atoms with Crippen LogP contribution in [0.3, 0.4) is 0 Å². The van der Waals surface area contributed by atoms with Gasteiger partial charge in [0.05, 0.1) is 24.2 Å². The van der Waals surface area contributed by atoms with Crippen molar-refractivity contribution in [2.24, 2.45) is 0 Å². The molecule has 2 aliphatic rings. The lowest BCUT2D eigenvalue weighted by molar-refractivity contribution is -0.164. The third kappa shape index (κ3) is 3.47. The SMILES string of the molecule is COC1CC2(CCN1CC=C(C)C)OCCc1c2cnn1-c1ccccc1. The fourth-order valence-corrected chi connectivity index (χ4v) is 4.31. The zero-order valence-electron chi connectivity index (χ0n) is 16.5. The Labute approximate surface area is 161 Å². The molecule has 2 unspecified atom stereocenters. The largest absolute Gasteiger partial charge is 0.370 e. The molecule has 0 bridgehead atoms. The monoisotopic (exact) mass is 367 g/mol. The molecular formula is C22H29N3O2. The molecule has 2 aromatic rings. The van der Waals surface area contributed by atoms with Crippen molar-refractivity contribution in [2.75, 3.05) is 26.8 Å². The topological polar surface area (TPSA) is 39.5 Å².